The Morgan fingerprint density at radius 3 is 2.67 bits per heavy atom. The summed E-state index contributed by atoms with van der Waals surface area (Å²) in [4.78, 5) is 9.00. The van der Waals surface area contributed by atoms with Gasteiger partial charge in [0.1, 0.15) is 30.4 Å². The molecule has 1 N–H and O–H groups in total. The van der Waals surface area contributed by atoms with Crippen LogP contribution in [0.3, 0.4) is 0 Å². The van der Waals surface area contributed by atoms with Crippen molar-refractivity contribution in [2.75, 3.05) is 18.5 Å². The highest BCUT2D eigenvalue weighted by Gasteiger charge is 2.17. The molecule has 1 aliphatic heterocycles. The van der Waals surface area contributed by atoms with Crippen molar-refractivity contribution in [3.05, 3.63) is 66.6 Å². The zero-order valence-electron chi connectivity index (χ0n) is 14.8. The Morgan fingerprint density at radius 2 is 1.81 bits per heavy atom. The van der Waals surface area contributed by atoms with Gasteiger partial charge < -0.3 is 14.8 Å². The number of nitrogens with zero attached hydrogens (tertiary/aromatic N) is 3. The Bertz CT molecular complexity index is 1120. The van der Waals surface area contributed by atoms with E-state index in [1.807, 2.05) is 42.6 Å². The van der Waals surface area contributed by atoms with E-state index in [0.29, 0.717) is 13.2 Å². The Kier molecular flexibility index (Phi) is 3.67. The van der Waals surface area contributed by atoms with Gasteiger partial charge in [0.15, 0.2) is 11.5 Å². The van der Waals surface area contributed by atoms with E-state index in [1.165, 1.54) is 0 Å². The molecule has 0 fully saturated rings. The first-order chi connectivity index (χ1) is 13.3. The number of benzene rings is 1. The van der Waals surface area contributed by atoms with Crippen molar-refractivity contribution in [2.24, 2.45) is 0 Å². The second-order valence-corrected chi connectivity index (χ2v) is 6.41. The van der Waals surface area contributed by atoms with Crippen LogP contribution >= 0.6 is 0 Å². The van der Waals surface area contributed by atoms with E-state index >= 15 is 0 Å². The van der Waals surface area contributed by atoms with E-state index in [0.717, 1.165) is 45.5 Å². The van der Waals surface area contributed by atoms with E-state index in [9.17, 15) is 0 Å². The maximum Gasteiger partial charge on any atom is 0.163 e. The SMILES string of the molecule is Cc1cccn2c(Nc3ccc4c(c3)OCCO4)c(-c3ccncc3)nc12. The third-order valence-electron chi connectivity index (χ3n) is 4.60. The molecule has 0 unspecified atom stereocenters. The smallest absolute Gasteiger partial charge is 0.163 e. The molecule has 0 saturated carbocycles. The second kappa shape index (κ2) is 6.32. The molecule has 0 spiro atoms. The average Bonchev–Trinajstić information content (AvgIpc) is 3.08. The maximum atomic E-state index is 5.71. The molecule has 4 aromatic rings. The van der Waals surface area contributed by atoms with Gasteiger partial charge in [-0.15, -0.1) is 0 Å². The van der Waals surface area contributed by atoms with Crippen molar-refractivity contribution in [3.63, 3.8) is 0 Å². The van der Waals surface area contributed by atoms with E-state index < -0.39 is 0 Å². The second-order valence-electron chi connectivity index (χ2n) is 6.41. The molecule has 0 amide bonds. The van der Waals surface area contributed by atoms with Crippen molar-refractivity contribution in [1.29, 1.82) is 0 Å². The van der Waals surface area contributed by atoms with E-state index in [-0.39, 0.29) is 0 Å². The normalized spacial score (nSPS) is 12.9. The fraction of sp³-hybridized carbons (Fsp3) is 0.143. The summed E-state index contributed by atoms with van der Waals surface area (Å²) in [6, 6.07) is 13.9. The highest BCUT2D eigenvalue weighted by atomic mass is 16.6. The van der Waals surface area contributed by atoms with Gasteiger partial charge in [0.2, 0.25) is 0 Å². The number of aryl methyl sites for hydroxylation is 1. The number of nitrogens with one attached hydrogen (secondary N) is 1. The first kappa shape index (κ1) is 15.7. The molecule has 0 radical (unpaired) electrons. The number of anilines is 2. The lowest BCUT2D eigenvalue weighted by Crippen LogP contribution is -2.15. The Labute approximate surface area is 156 Å². The van der Waals surface area contributed by atoms with Crippen molar-refractivity contribution < 1.29 is 9.47 Å². The summed E-state index contributed by atoms with van der Waals surface area (Å²) in [6.45, 7) is 3.21. The number of pyridine rings is 2. The molecule has 5 rings (SSSR count). The van der Waals surface area contributed by atoms with Gasteiger partial charge in [0, 0.05) is 35.9 Å². The first-order valence-electron chi connectivity index (χ1n) is 8.84. The van der Waals surface area contributed by atoms with Crippen LogP contribution in [-0.4, -0.2) is 27.6 Å². The zero-order chi connectivity index (χ0) is 18.2. The molecule has 27 heavy (non-hydrogen) atoms. The van der Waals surface area contributed by atoms with E-state index in [1.54, 1.807) is 12.4 Å². The van der Waals surface area contributed by atoms with Crippen LogP contribution in [0.4, 0.5) is 11.5 Å². The van der Waals surface area contributed by atoms with Crippen LogP contribution in [0, 0.1) is 6.92 Å². The van der Waals surface area contributed by atoms with Crippen LogP contribution in [0.1, 0.15) is 5.56 Å². The minimum atomic E-state index is 0.563. The van der Waals surface area contributed by atoms with Crippen molar-refractivity contribution in [3.8, 4) is 22.8 Å². The summed E-state index contributed by atoms with van der Waals surface area (Å²) < 4.78 is 13.4. The highest BCUT2D eigenvalue weighted by molar-refractivity contribution is 5.80. The lowest BCUT2D eigenvalue weighted by atomic mass is 10.2. The van der Waals surface area contributed by atoms with Gasteiger partial charge in [0.25, 0.3) is 0 Å². The van der Waals surface area contributed by atoms with Crippen LogP contribution in [0.15, 0.2) is 61.1 Å². The molecule has 1 aliphatic rings. The van der Waals surface area contributed by atoms with Gasteiger partial charge in [-0.1, -0.05) is 6.07 Å². The van der Waals surface area contributed by atoms with Crippen LogP contribution < -0.4 is 14.8 Å². The Morgan fingerprint density at radius 1 is 1.00 bits per heavy atom. The number of fused-ring (bicyclic) bond motifs is 2. The molecular weight excluding hydrogens is 340 g/mol. The lowest BCUT2D eigenvalue weighted by Gasteiger charge is -2.19. The number of rotatable bonds is 3. The first-order valence-corrected chi connectivity index (χ1v) is 8.84. The Hall–Kier alpha value is -3.54. The molecule has 0 bridgehead atoms. The van der Waals surface area contributed by atoms with Crippen molar-refractivity contribution >= 4 is 17.2 Å². The van der Waals surface area contributed by atoms with Gasteiger partial charge >= 0.3 is 0 Å². The molecule has 1 aromatic carbocycles. The summed E-state index contributed by atoms with van der Waals surface area (Å²) in [7, 11) is 0. The van der Waals surface area contributed by atoms with E-state index in [4.69, 9.17) is 14.5 Å². The van der Waals surface area contributed by atoms with Crippen LogP contribution in [0.2, 0.25) is 0 Å². The van der Waals surface area contributed by atoms with Crippen LogP contribution in [0.25, 0.3) is 16.9 Å². The predicted molar refractivity (Wildman–Crippen MR) is 104 cm³/mol. The van der Waals surface area contributed by atoms with Gasteiger partial charge in [0.05, 0.1) is 0 Å². The summed E-state index contributed by atoms with van der Waals surface area (Å²) >= 11 is 0. The third kappa shape index (κ3) is 2.75. The standard InChI is InChI=1S/C21H18N4O2/c1-14-3-2-10-25-20(14)24-19(15-6-8-22-9-7-15)21(25)23-16-4-5-17-18(13-16)27-12-11-26-17/h2-10,13,23H,11-12H2,1H3. The zero-order valence-corrected chi connectivity index (χ0v) is 14.8. The molecule has 134 valence electrons. The minimum Gasteiger partial charge on any atom is -0.486 e. The minimum absolute atomic E-state index is 0.563. The van der Waals surface area contributed by atoms with Gasteiger partial charge in [-0.25, -0.2) is 4.98 Å². The molecular formula is C21H18N4O2. The summed E-state index contributed by atoms with van der Waals surface area (Å²) in [5.41, 5.74) is 4.83. The maximum absolute atomic E-state index is 5.71. The van der Waals surface area contributed by atoms with Gasteiger partial charge in [-0.05, 0) is 42.8 Å². The van der Waals surface area contributed by atoms with Gasteiger partial charge in [-0.2, -0.15) is 0 Å². The average molecular weight is 358 g/mol. The lowest BCUT2D eigenvalue weighted by molar-refractivity contribution is 0.171. The number of hydrogen-bond donors (Lipinski definition) is 1. The molecule has 0 aliphatic carbocycles. The molecule has 6 heteroatoms. The van der Waals surface area contributed by atoms with Crippen LogP contribution in [-0.2, 0) is 0 Å². The predicted octanol–water partition coefficient (Wildman–Crippen LogP) is 4.22. The fourth-order valence-electron chi connectivity index (χ4n) is 3.29. The third-order valence-corrected chi connectivity index (χ3v) is 4.60. The Balaban J connectivity index is 1.64. The number of aromatic nitrogens is 3. The summed E-state index contributed by atoms with van der Waals surface area (Å²) in [5, 5.41) is 3.52. The number of imidazole rings is 1. The topological polar surface area (TPSA) is 60.7 Å². The molecule has 3 aromatic heterocycles. The highest BCUT2D eigenvalue weighted by Crippen LogP contribution is 2.36. The molecule has 4 heterocycles. The van der Waals surface area contributed by atoms with Crippen LogP contribution in [0.5, 0.6) is 11.5 Å². The van der Waals surface area contributed by atoms with Crippen molar-refractivity contribution in [1.82, 2.24) is 14.4 Å². The number of hydrogen-bond acceptors (Lipinski definition) is 5. The van der Waals surface area contributed by atoms with Gasteiger partial charge in [-0.3, -0.25) is 9.38 Å². The molecule has 0 saturated heterocycles. The van der Waals surface area contributed by atoms with Crippen molar-refractivity contribution in [2.45, 2.75) is 6.92 Å². The quantitative estimate of drug-likeness (QED) is 0.594. The number of ether oxygens (including phenoxy) is 2. The summed E-state index contributed by atoms with van der Waals surface area (Å²) in [5.74, 6) is 2.42. The monoisotopic (exact) mass is 358 g/mol. The van der Waals surface area contributed by atoms with E-state index in [2.05, 4.69) is 27.7 Å². The fourth-order valence-corrected chi connectivity index (χ4v) is 3.29. The largest absolute Gasteiger partial charge is 0.486 e. The molecule has 6 nitrogen and oxygen atoms in total. The molecule has 0 atom stereocenters. The summed E-state index contributed by atoms with van der Waals surface area (Å²) in [6.07, 6.45) is 5.57.